The number of amides is 1. The van der Waals surface area contributed by atoms with Crippen molar-refractivity contribution in [1.29, 1.82) is 0 Å². The highest BCUT2D eigenvalue weighted by Crippen LogP contribution is 2.48. The maximum Gasteiger partial charge on any atom is 0.211 e. The number of hydrogen-bond donors (Lipinski definition) is 2. The Balaban J connectivity index is 2.14. The predicted molar refractivity (Wildman–Crippen MR) is 78.6 cm³/mol. The number of carbonyl (C=O) groups excluding carboxylic acids is 1. The summed E-state index contributed by atoms with van der Waals surface area (Å²) in [6, 6.07) is 0. The van der Waals surface area contributed by atoms with Crippen LogP contribution < -0.4 is 5.32 Å². The van der Waals surface area contributed by atoms with Crippen molar-refractivity contribution in [3.05, 3.63) is 11.8 Å². The fourth-order valence-electron chi connectivity index (χ4n) is 2.37. The molecule has 1 heterocycles. The van der Waals surface area contributed by atoms with Gasteiger partial charge in [0.25, 0.3) is 0 Å². The minimum absolute atomic E-state index is 0.0770. The van der Waals surface area contributed by atoms with Gasteiger partial charge < -0.3 is 19.6 Å². The summed E-state index contributed by atoms with van der Waals surface area (Å²) in [5.41, 5.74) is -0.524. The lowest BCUT2D eigenvalue weighted by Gasteiger charge is -2.41. The van der Waals surface area contributed by atoms with Crippen LogP contribution in [0.25, 0.3) is 0 Å². The number of rotatable bonds is 5. The highest BCUT2D eigenvalue weighted by atomic mass is 28.4. The lowest BCUT2D eigenvalue weighted by Crippen LogP contribution is -2.52. The van der Waals surface area contributed by atoms with Crippen molar-refractivity contribution in [2.24, 2.45) is 0 Å². The van der Waals surface area contributed by atoms with Crippen molar-refractivity contribution in [2.75, 3.05) is 0 Å². The summed E-state index contributed by atoms with van der Waals surface area (Å²) < 4.78 is 11.7. The Labute approximate surface area is 121 Å². The first kappa shape index (κ1) is 15.7. The molecule has 1 amide bonds. The third kappa shape index (κ3) is 2.45. The van der Waals surface area contributed by atoms with E-state index >= 15 is 0 Å². The van der Waals surface area contributed by atoms with Gasteiger partial charge in [-0.1, -0.05) is 20.8 Å². The Morgan fingerprint density at radius 3 is 2.65 bits per heavy atom. The third-order valence-corrected chi connectivity index (χ3v) is 9.35. The van der Waals surface area contributed by atoms with Crippen LogP contribution in [0, 0.1) is 0 Å². The van der Waals surface area contributed by atoms with Crippen LogP contribution in [0.2, 0.25) is 18.1 Å². The van der Waals surface area contributed by atoms with Gasteiger partial charge in [0.1, 0.15) is 17.8 Å². The number of aliphatic hydroxyl groups is 1. The summed E-state index contributed by atoms with van der Waals surface area (Å²) in [6.07, 6.45) is 1.41. The van der Waals surface area contributed by atoms with Gasteiger partial charge in [-0.3, -0.25) is 4.79 Å². The summed E-state index contributed by atoms with van der Waals surface area (Å²) in [5.74, 6) is 0. The van der Waals surface area contributed by atoms with E-state index in [1.54, 1.807) is 6.08 Å². The molecule has 20 heavy (non-hydrogen) atoms. The van der Waals surface area contributed by atoms with E-state index in [0.29, 0.717) is 12.1 Å². The molecule has 0 radical (unpaired) electrons. The van der Waals surface area contributed by atoms with Crippen molar-refractivity contribution in [3.8, 4) is 0 Å². The maximum atomic E-state index is 10.8. The van der Waals surface area contributed by atoms with Gasteiger partial charge in [0, 0.05) is 5.70 Å². The van der Waals surface area contributed by atoms with Crippen LogP contribution in [0.1, 0.15) is 27.7 Å². The largest absolute Gasteiger partial charge is 0.411 e. The molecule has 1 aliphatic heterocycles. The van der Waals surface area contributed by atoms with Crippen molar-refractivity contribution in [2.45, 2.75) is 69.7 Å². The van der Waals surface area contributed by atoms with Crippen LogP contribution >= 0.6 is 0 Å². The minimum atomic E-state index is -1.97. The van der Waals surface area contributed by atoms with Crippen molar-refractivity contribution < 1.29 is 19.1 Å². The van der Waals surface area contributed by atoms with E-state index in [1.165, 1.54) is 0 Å². The Hall–Kier alpha value is -0.693. The molecule has 2 N–H and O–H groups in total. The van der Waals surface area contributed by atoms with E-state index in [-0.39, 0.29) is 23.4 Å². The molecule has 114 valence electrons. The number of hydrogen-bond acceptors (Lipinski definition) is 4. The second-order valence-corrected chi connectivity index (χ2v) is 12.0. The van der Waals surface area contributed by atoms with Crippen molar-refractivity contribution in [3.63, 3.8) is 0 Å². The Morgan fingerprint density at radius 2 is 2.15 bits per heavy atom. The van der Waals surface area contributed by atoms with Gasteiger partial charge in [-0.05, 0) is 31.1 Å². The summed E-state index contributed by atoms with van der Waals surface area (Å²) in [7, 11) is -1.97. The van der Waals surface area contributed by atoms with E-state index in [2.05, 4.69) is 39.2 Å². The highest BCUT2D eigenvalue weighted by Gasteiger charge is 2.63. The molecule has 0 aromatic carbocycles. The SMILES string of the molecule is C[C@H](O[Si](C)(C)C(C)(C)C)[C@]1(O)C=C(NC=O)[C@H]2O[C@H]21. The summed E-state index contributed by atoms with van der Waals surface area (Å²) in [4.78, 5) is 10.6. The minimum Gasteiger partial charge on any atom is -0.411 e. The van der Waals surface area contributed by atoms with Gasteiger partial charge in [-0.25, -0.2) is 0 Å². The first-order valence-electron chi connectivity index (χ1n) is 7.01. The average molecular weight is 299 g/mol. The Kier molecular flexibility index (Phi) is 3.66. The standard InChI is InChI=1S/C14H25NO4Si/c1-9(19-20(5,6)13(2,3)4)14(17)7-10(15-8-16)11-12(14)18-11/h7-9,11-12,17H,1-6H3,(H,15,16)/t9-,11+,12+,14+/m0/s1. The average Bonchev–Trinajstić information content (AvgIpc) is 3.01. The number of ether oxygens (including phenoxy) is 1. The lowest BCUT2D eigenvalue weighted by molar-refractivity contribution is -0.109. The molecule has 5 nitrogen and oxygen atoms in total. The zero-order chi connectivity index (χ0) is 15.3. The fourth-order valence-corrected chi connectivity index (χ4v) is 3.79. The third-order valence-electron chi connectivity index (χ3n) is 4.80. The van der Waals surface area contributed by atoms with Gasteiger partial charge in [0.05, 0.1) is 6.10 Å². The molecule has 1 aliphatic carbocycles. The smallest absolute Gasteiger partial charge is 0.211 e. The molecular weight excluding hydrogens is 274 g/mol. The molecule has 0 aromatic rings. The molecule has 2 rings (SSSR count). The summed E-state index contributed by atoms with van der Waals surface area (Å²) in [6.45, 7) is 12.7. The van der Waals surface area contributed by atoms with Crippen LogP contribution in [0.3, 0.4) is 0 Å². The van der Waals surface area contributed by atoms with Gasteiger partial charge in [0.15, 0.2) is 8.32 Å². The normalized spacial score (nSPS) is 34.2. The second kappa shape index (κ2) is 4.66. The van der Waals surface area contributed by atoms with Gasteiger partial charge in [0.2, 0.25) is 6.41 Å². The molecule has 6 heteroatoms. The second-order valence-electron chi connectivity index (χ2n) is 7.25. The first-order chi connectivity index (χ1) is 9.03. The number of epoxide rings is 1. The molecule has 1 fully saturated rings. The zero-order valence-corrected chi connectivity index (χ0v) is 14.1. The van der Waals surface area contributed by atoms with Gasteiger partial charge in [-0.2, -0.15) is 0 Å². The van der Waals surface area contributed by atoms with Crippen molar-refractivity contribution >= 4 is 14.7 Å². The first-order valence-corrected chi connectivity index (χ1v) is 9.92. The van der Waals surface area contributed by atoms with E-state index in [4.69, 9.17) is 9.16 Å². The van der Waals surface area contributed by atoms with Crippen molar-refractivity contribution in [1.82, 2.24) is 5.32 Å². The molecule has 0 spiro atoms. The molecule has 1 saturated heterocycles. The molecule has 0 unspecified atom stereocenters. The number of nitrogens with one attached hydrogen (secondary N) is 1. The van der Waals surface area contributed by atoms with Gasteiger partial charge in [-0.15, -0.1) is 0 Å². The molecule has 0 aromatic heterocycles. The van der Waals surface area contributed by atoms with Crippen LogP contribution in [-0.4, -0.2) is 43.7 Å². The topological polar surface area (TPSA) is 71.1 Å². The zero-order valence-electron chi connectivity index (χ0n) is 13.1. The van der Waals surface area contributed by atoms with Crippen LogP contribution in [-0.2, 0) is 14.0 Å². The van der Waals surface area contributed by atoms with E-state index in [0.717, 1.165) is 0 Å². The maximum absolute atomic E-state index is 10.8. The monoisotopic (exact) mass is 299 g/mol. The molecule has 2 aliphatic rings. The Bertz CT molecular complexity index is 443. The Morgan fingerprint density at radius 1 is 1.55 bits per heavy atom. The highest BCUT2D eigenvalue weighted by molar-refractivity contribution is 6.74. The fraction of sp³-hybridized carbons (Fsp3) is 0.786. The number of carbonyl (C=O) groups is 1. The predicted octanol–water partition coefficient (Wildman–Crippen LogP) is 1.54. The quantitative estimate of drug-likeness (QED) is 0.459. The van der Waals surface area contributed by atoms with E-state index in [1.807, 2.05) is 6.92 Å². The van der Waals surface area contributed by atoms with Crippen LogP contribution in [0.4, 0.5) is 0 Å². The molecule has 0 saturated carbocycles. The lowest BCUT2D eigenvalue weighted by atomic mass is 9.97. The van der Waals surface area contributed by atoms with Gasteiger partial charge >= 0.3 is 0 Å². The van der Waals surface area contributed by atoms with E-state index in [9.17, 15) is 9.90 Å². The molecule has 4 atom stereocenters. The summed E-state index contributed by atoms with van der Waals surface area (Å²) in [5, 5.41) is 13.5. The summed E-state index contributed by atoms with van der Waals surface area (Å²) >= 11 is 0. The van der Waals surface area contributed by atoms with Crippen LogP contribution in [0.5, 0.6) is 0 Å². The van der Waals surface area contributed by atoms with E-state index < -0.39 is 13.9 Å². The molecular formula is C14H25NO4Si. The number of fused-ring (bicyclic) bond motifs is 1. The molecule has 0 bridgehead atoms. The van der Waals surface area contributed by atoms with Crippen LogP contribution in [0.15, 0.2) is 11.8 Å².